The van der Waals surface area contributed by atoms with E-state index in [-0.39, 0.29) is 23.2 Å². The Labute approximate surface area is 495 Å². The molecule has 0 aromatic heterocycles. The third-order valence-corrected chi connectivity index (χ3v) is 15.6. The maximum Gasteiger partial charge on any atom is 0.342 e. The van der Waals surface area contributed by atoms with Crippen LogP contribution < -0.4 is 4.74 Å². The molecule has 3 heterocycles. The van der Waals surface area contributed by atoms with Crippen molar-refractivity contribution in [3.63, 3.8) is 0 Å². The Balaban J connectivity index is 1.15. The quantitative estimate of drug-likeness (QED) is 0.0390. The summed E-state index contributed by atoms with van der Waals surface area (Å²) in [6.07, 6.45) is -11.5. The van der Waals surface area contributed by atoms with Crippen LogP contribution in [0.1, 0.15) is 101 Å². The number of aliphatic hydroxyl groups is 1. The van der Waals surface area contributed by atoms with Crippen LogP contribution in [0.4, 0.5) is 0 Å². The van der Waals surface area contributed by atoms with Gasteiger partial charge < -0.3 is 126 Å². The van der Waals surface area contributed by atoms with Crippen LogP contribution in [-0.2, 0) is 30.2 Å². The summed E-state index contributed by atoms with van der Waals surface area (Å²) in [6.45, 7) is 0.808. The molecule has 0 spiro atoms. The lowest BCUT2D eigenvalue weighted by atomic mass is 9.75. The topological polar surface area (TPSA) is 536 Å². The van der Waals surface area contributed by atoms with Gasteiger partial charge in [-0.25, -0.2) is 14.4 Å². The maximum absolute atomic E-state index is 15.3. The van der Waals surface area contributed by atoms with Crippen molar-refractivity contribution < 1.29 is 150 Å². The predicted octanol–water partition coefficient (Wildman–Crippen LogP) is 5.03. The van der Waals surface area contributed by atoms with E-state index in [1.807, 2.05) is 0 Å². The van der Waals surface area contributed by atoms with E-state index in [0.717, 1.165) is 24.3 Å². The van der Waals surface area contributed by atoms with Crippen molar-refractivity contribution in [1.29, 1.82) is 0 Å². The van der Waals surface area contributed by atoms with E-state index < -0.39 is 268 Å². The lowest BCUT2D eigenvalue weighted by Gasteiger charge is -2.38. The minimum Gasteiger partial charge on any atom is -0.507 e. The Morgan fingerprint density at radius 3 is 1.78 bits per heavy atom. The lowest BCUT2D eigenvalue weighted by Crippen LogP contribution is -2.38. The number of aryl methyl sites for hydroxylation is 1. The monoisotopic (exact) mass is 1240 g/mol. The van der Waals surface area contributed by atoms with E-state index in [0.29, 0.717) is 12.1 Å². The summed E-state index contributed by atoms with van der Waals surface area (Å²) in [4.78, 5) is 70.6. The maximum atomic E-state index is 15.3. The largest absolute Gasteiger partial charge is 0.507 e. The summed E-state index contributed by atoms with van der Waals surface area (Å²) in [5, 5.41) is 223. The van der Waals surface area contributed by atoms with E-state index in [1.54, 1.807) is 0 Å². The first kappa shape index (κ1) is 60.2. The fourth-order valence-corrected chi connectivity index (χ4v) is 11.3. The van der Waals surface area contributed by atoms with Crippen LogP contribution >= 0.6 is 0 Å². The molecule has 0 fully saturated rings. The van der Waals surface area contributed by atoms with Gasteiger partial charge in [0.1, 0.15) is 47.7 Å². The number of esters is 3. The molecule has 464 valence electrons. The van der Waals surface area contributed by atoms with E-state index in [9.17, 15) is 121 Å². The molecule has 0 saturated heterocycles. The number of aliphatic hydroxyl groups excluding tert-OH is 1. The number of rotatable bonds is 9. The van der Waals surface area contributed by atoms with Crippen LogP contribution in [0, 0.1) is 6.92 Å². The molecular weight excluding hydrogens is 1190 g/mol. The highest BCUT2D eigenvalue weighted by atomic mass is 16.6. The van der Waals surface area contributed by atoms with Gasteiger partial charge in [0.25, 0.3) is 6.47 Å². The van der Waals surface area contributed by atoms with Crippen molar-refractivity contribution in [3.05, 3.63) is 92.5 Å². The molecule has 30 heteroatoms. The number of fused-ring (bicyclic) bond motifs is 6. The summed E-state index contributed by atoms with van der Waals surface area (Å²) < 4.78 is 28.1. The van der Waals surface area contributed by atoms with E-state index in [4.69, 9.17) is 23.7 Å². The molecule has 0 saturated carbocycles. The molecule has 7 aromatic rings. The van der Waals surface area contributed by atoms with Crippen molar-refractivity contribution in [2.75, 3.05) is 6.61 Å². The second-order valence-corrected chi connectivity index (χ2v) is 20.8. The molecule has 30 nitrogen and oxygen atoms in total. The SMILES string of the molecule is Cc1cc(O)c(O)c(O)c1-c1c(C(=O)OCC2OC(=O)c3cc(c(O)c(O)c3O)-c3c(O)c(O)c(O)c(-c4c(O)c(O)c(O)c5c4C(=O)OC(C)C5c4c(O)cc(O)c5c4O[C@H](c4ccc(O)c(O)c4)[C@@H](O)C5)c3C(=O)CCC2OC=O)cc(O)c(O)c1O. The number of phenols is 19. The van der Waals surface area contributed by atoms with Crippen molar-refractivity contribution >= 4 is 30.2 Å². The molecular formula is C59H48O30. The van der Waals surface area contributed by atoms with E-state index in [2.05, 4.69) is 0 Å². The fraction of sp³-hybridized carbons (Fsp3) is 0.203. The first-order chi connectivity index (χ1) is 41.9. The number of carbonyl (C=O) groups excluding carboxylic acids is 5. The van der Waals surface area contributed by atoms with Gasteiger partial charge >= 0.3 is 17.9 Å². The van der Waals surface area contributed by atoms with Gasteiger partial charge in [0.15, 0.2) is 80.9 Å². The van der Waals surface area contributed by atoms with Crippen LogP contribution in [0.2, 0.25) is 0 Å². The number of benzene rings is 7. The molecule has 3 aliphatic rings. The van der Waals surface area contributed by atoms with Crippen molar-refractivity contribution in [3.8, 4) is 148 Å². The van der Waals surface area contributed by atoms with Gasteiger partial charge in [-0.05, 0) is 61.7 Å². The van der Waals surface area contributed by atoms with Crippen LogP contribution in [-0.4, -0.2) is 163 Å². The van der Waals surface area contributed by atoms with Gasteiger partial charge in [-0.15, -0.1) is 0 Å². The number of ketones is 1. The molecule has 0 aliphatic carbocycles. The molecule has 10 rings (SSSR count). The highest BCUT2D eigenvalue weighted by molar-refractivity contribution is 6.16. The minimum atomic E-state index is -2.20. The molecule has 3 aliphatic heterocycles. The van der Waals surface area contributed by atoms with E-state index >= 15 is 4.79 Å². The summed E-state index contributed by atoms with van der Waals surface area (Å²) in [7, 11) is 0. The highest BCUT2D eigenvalue weighted by Crippen LogP contribution is 2.63. The Morgan fingerprint density at radius 1 is 0.539 bits per heavy atom. The summed E-state index contributed by atoms with van der Waals surface area (Å²) in [6, 6.07) is 5.86. The zero-order chi connectivity index (χ0) is 65.0. The van der Waals surface area contributed by atoms with Gasteiger partial charge in [0.05, 0.1) is 23.1 Å². The minimum absolute atomic E-state index is 0.0153. The fourth-order valence-electron chi connectivity index (χ4n) is 11.3. The third kappa shape index (κ3) is 9.45. The van der Waals surface area contributed by atoms with Crippen molar-refractivity contribution in [2.45, 2.75) is 69.5 Å². The molecule has 6 atom stereocenters. The number of hydrogen-bond donors (Lipinski definition) is 20. The first-order valence-electron chi connectivity index (χ1n) is 26.0. The average Bonchev–Trinajstić information content (AvgIpc) is 0.739. The predicted molar refractivity (Wildman–Crippen MR) is 292 cm³/mol. The number of ether oxygens (including phenoxy) is 5. The summed E-state index contributed by atoms with van der Waals surface area (Å²) in [5.74, 6) is -32.9. The zero-order valence-electron chi connectivity index (χ0n) is 45.4. The Morgan fingerprint density at radius 2 is 1.12 bits per heavy atom. The number of phenolic OH excluding ortho intramolecular Hbond substituents is 19. The second-order valence-electron chi connectivity index (χ2n) is 20.8. The van der Waals surface area contributed by atoms with Crippen LogP contribution in [0.5, 0.6) is 115 Å². The second kappa shape index (κ2) is 21.8. The van der Waals surface area contributed by atoms with Gasteiger partial charge in [-0.1, -0.05) is 6.07 Å². The van der Waals surface area contributed by atoms with E-state index in [1.165, 1.54) is 19.9 Å². The summed E-state index contributed by atoms with van der Waals surface area (Å²) in [5.41, 5.74) is -12.7. The zero-order valence-corrected chi connectivity index (χ0v) is 45.4. The Kier molecular flexibility index (Phi) is 14.8. The molecule has 0 amide bonds. The van der Waals surface area contributed by atoms with Gasteiger partial charge in [0, 0.05) is 74.5 Å². The van der Waals surface area contributed by atoms with Crippen LogP contribution in [0.15, 0.2) is 42.5 Å². The number of cyclic esters (lactones) is 2. The molecule has 20 N–H and O–H groups in total. The van der Waals surface area contributed by atoms with Gasteiger partial charge in [0.2, 0.25) is 28.7 Å². The van der Waals surface area contributed by atoms with Crippen LogP contribution in [0.3, 0.4) is 0 Å². The summed E-state index contributed by atoms with van der Waals surface area (Å²) >= 11 is 0. The van der Waals surface area contributed by atoms with Crippen LogP contribution in [0.25, 0.3) is 33.4 Å². The third-order valence-electron chi connectivity index (χ3n) is 15.6. The smallest absolute Gasteiger partial charge is 0.342 e. The molecule has 4 unspecified atom stereocenters. The van der Waals surface area contributed by atoms with Gasteiger partial charge in [-0.2, -0.15) is 0 Å². The molecule has 89 heavy (non-hydrogen) atoms. The molecule has 0 radical (unpaired) electrons. The number of carbonyl (C=O) groups is 5. The van der Waals surface area contributed by atoms with Crippen molar-refractivity contribution in [1.82, 2.24) is 0 Å². The average molecular weight is 1240 g/mol. The first-order valence-corrected chi connectivity index (χ1v) is 26.0. The lowest BCUT2D eigenvalue weighted by molar-refractivity contribution is -0.142. The highest BCUT2D eigenvalue weighted by Gasteiger charge is 2.48. The number of aromatic hydroxyl groups is 19. The Bertz CT molecular complexity index is 4260. The molecule has 2 bridgehead atoms. The van der Waals surface area contributed by atoms with Crippen molar-refractivity contribution in [2.24, 2.45) is 0 Å². The normalized spacial score (nSPS) is 18.8. The van der Waals surface area contributed by atoms with Gasteiger partial charge in [-0.3, -0.25) is 9.59 Å². The Hall–Kier alpha value is -12.0. The number of hydrogen-bond acceptors (Lipinski definition) is 30. The molecule has 7 aromatic carbocycles. The standard InChI is InChI=1S/C59H48O30/c1-15-7-27(66)44(71)46(73)32(15)35-20(11-28(67)45(72)47(35)74)57(82)85-13-31-30(86-14-60)6-5-23(62)36-34(19-9-21(58(83)88-31)43(70)52(79)42(19)69)48(75)53(80)50(77)39(36)40-41-38(49(76)54(81)51(40)78)33(16(2)87-59(41)84)37-26(65)12-24(63)18-10-29(68)55(89-56(18)37)17-3-4-22(61)25(64)8-17/h3-4,7-9,11-12,14,16,29-31,33,55,61,63-81H,5-6,10,13H2,1-2H3/t16?,29-,30?,31?,33?,55+/m0/s1. The number of Topliss-reactive ketones (excluding diaryl/α,β-unsaturated/α-hetero) is 1.